The number of thiazole rings is 1. The second-order valence-electron chi connectivity index (χ2n) is 18.0. The van der Waals surface area contributed by atoms with E-state index in [0.29, 0.717) is 25.7 Å². The Hall–Kier alpha value is -5.35. The van der Waals surface area contributed by atoms with Gasteiger partial charge in [0, 0.05) is 12.5 Å². The van der Waals surface area contributed by atoms with Gasteiger partial charge in [0.15, 0.2) is 11.9 Å². The average molecular weight is 955 g/mol. The number of aromatic nitrogens is 1. The van der Waals surface area contributed by atoms with Crippen LogP contribution in [0.3, 0.4) is 0 Å². The Balaban J connectivity index is 1.17. The van der Waals surface area contributed by atoms with Crippen molar-refractivity contribution in [1.82, 2.24) is 4.98 Å². The largest absolute Gasteiger partial charge is 0.508 e. The lowest BCUT2D eigenvalue weighted by Gasteiger charge is -2.38. The number of hydrogen-bond donors (Lipinski definition) is 4. The number of benzene rings is 2. The highest BCUT2D eigenvalue weighted by Crippen LogP contribution is 2.47. The van der Waals surface area contributed by atoms with Crippen molar-refractivity contribution >= 4 is 51.1 Å². The van der Waals surface area contributed by atoms with Crippen molar-refractivity contribution in [3.63, 3.8) is 0 Å². The second kappa shape index (κ2) is 21.3. The number of hydrogen-bond acceptors (Lipinski definition) is 19. The summed E-state index contributed by atoms with van der Waals surface area (Å²) in [6, 6.07) is 9.16. The van der Waals surface area contributed by atoms with Gasteiger partial charge in [0.05, 0.1) is 55.7 Å². The molecule has 1 unspecified atom stereocenters. The van der Waals surface area contributed by atoms with E-state index in [1.54, 1.807) is 11.3 Å². The van der Waals surface area contributed by atoms with Gasteiger partial charge in [-0.25, -0.2) is 14.6 Å². The Labute approximate surface area is 390 Å². The molecule has 20 heteroatoms. The number of ether oxygens (including phenoxy) is 7. The van der Waals surface area contributed by atoms with Gasteiger partial charge >= 0.3 is 23.8 Å². The summed E-state index contributed by atoms with van der Waals surface area (Å²) in [4.78, 5) is 70.1. The van der Waals surface area contributed by atoms with Crippen LogP contribution in [-0.2, 0) is 49.4 Å². The number of Topliss-reactive ketones (excluding diaryl/α,β-unsaturated/α-hetero) is 1. The number of fused-ring (bicyclic) bond motifs is 2. The fraction of sp³-hybridized carbons (Fsp3) is 0.553. The van der Waals surface area contributed by atoms with Gasteiger partial charge in [0.25, 0.3) is 0 Å². The number of aryl methyl sites for hydroxylation is 1. The number of epoxide rings is 1. The second-order valence-corrected chi connectivity index (χ2v) is 19.2. The molecule has 364 valence electrons. The number of carbonyl (C=O) groups excluding carboxylic acids is 4. The predicted octanol–water partition coefficient (Wildman–Crippen LogP) is 5.64. The molecule has 12 atom stereocenters. The number of aliphatic hydroxyl groups is 4. The van der Waals surface area contributed by atoms with Crippen LogP contribution in [-0.4, -0.2) is 115 Å². The number of nitro benzene ring substituents is 1. The van der Waals surface area contributed by atoms with Gasteiger partial charge in [-0.05, 0) is 68.4 Å². The lowest BCUT2D eigenvalue weighted by atomic mass is 9.71. The number of nitro groups is 1. The molecule has 4 heterocycles. The average Bonchev–Trinajstić information content (AvgIpc) is 3.75. The van der Waals surface area contributed by atoms with Gasteiger partial charge in [-0.1, -0.05) is 58.1 Å². The normalized spacial score (nSPS) is 31.4. The topological polar surface area (TPSA) is 273 Å². The summed E-state index contributed by atoms with van der Waals surface area (Å²) >= 11 is 1.55. The van der Waals surface area contributed by atoms with E-state index in [-0.39, 0.29) is 24.7 Å². The Kier molecular flexibility index (Phi) is 16.2. The maximum absolute atomic E-state index is 14.6. The van der Waals surface area contributed by atoms with Crippen molar-refractivity contribution in [1.29, 1.82) is 0 Å². The van der Waals surface area contributed by atoms with Crippen LogP contribution in [0.5, 0.6) is 5.75 Å². The quantitative estimate of drug-likeness (QED) is 0.0427. The van der Waals surface area contributed by atoms with E-state index in [9.17, 15) is 49.7 Å². The molecule has 0 saturated carbocycles. The molecule has 0 amide bonds. The minimum atomic E-state index is -1.96. The maximum Gasteiger partial charge on any atom is 0.508 e. The Bertz CT molecular complexity index is 2330. The van der Waals surface area contributed by atoms with Crippen LogP contribution < -0.4 is 4.74 Å². The van der Waals surface area contributed by atoms with E-state index >= 15 is 0 Å². The van der Waals surface area contributed by atoms with Crippen LogP contribution in [0.1, 0.15) is 88.5 Å². The standard InChI is InChI=1S/C47H58N2O17S/c1-8-11-28-40(65-45(57)61-23-26-13-15-31(30(19-26)49(58)59)63-44-39(54)37(52)38(53)41(64-44)43(56)60-18-9-2)24(3)12-10-17-47(7)35(66-47)21-32(27-14-16-33-29(20-27)48-25(4)67-33)62-36(51)22-34(50)46(5,6)42(28)55/h8-9,13-16,19-20,24,28,32,34-35,37-41,44,50,52-54H,1-2,10-12,17-18,21-23H2,3-7H3/t24-,28+,32-,34-,35?,37-,38-,39+,40-,41-,44+,47-/m0/s1. The molecule has 0 bridgehead atoms. The lowest BCUT2D eigenvalue weighted by Crippen LogP contribution is -2.61. The number of nitrogens with zero attached hydrogens (tertiary/aromatic N) is 2. The number of rotatable bonds is 12. The van der Waals surface area contributed by atoms with Crippen molar-refractivity contribution in [2.75, 3.05) is 6.61 Å². The fourth-order valence-electron chi connectivity index (χ4n) is 8.55. The molecule has 0 spiro atoms. The number of ketones is 1. The maximum atomic E-state index is 14.6. The Morgan fingerprint density at radius 1 is 1.03 bits per heavy atom. The highest BCUT2D eigenvalue weighted by molar-refractivity contribution is 7.18. The number of allylic oxidation sites excluding steroid dienone is 1. The van der Waals surface area contributed by atoms with E-state index in [1.165, 1.54) is 32.1 Å². The van der Waals surface area contributed by atoms with Crippen LogP contribution in [0.15, 0.2) is 61.7 Å². The zero-order chi connectivity index (χ0) is 49.0. The molecule has 3 fully saturated rings. The zero-order valence-electron chi connectivity index (χ0n) is 37.9. The minimum absolute atomic E-state index is 0.0328. The van der Waals surface area contributed by atoms with Crippen LogP contribution in [0.25, 0.3) is 10.2 Å². The molecule has 4 N–H and O–H groups in total. The molecular formula is C47H58N2O17S. The third-order valence-corrected chi connectivity index (χ3v) is 13.7. The number of cyclic esters (lactones) is 1. The summed E-state index contributed by atoms with van der Waals surface area (Å²) in [6.07, 6.45) is -9.99. The van der Waals surface area contributed by atoms with E-state index in [1.807, 2.05) is 39.0 Å². The first-order valence-electron chi connectivity index (χ1n) is 22.0. The van der Waals surface area contributed by atoms with E-state index < -0.39 is 125 Å². The molecule has 3 aliphatic heterocycles. The molecule has 67 heavy (non-hydrogen) atoms. The molecule has 0 aliphatic carbocycles. The predicted molar refractivity (Wildman–Crippen MR) is 238 cm³/mol. The molecule has 3 aliphatic rings. The van der Waals surface area contributed by atoms with Gasteiger partial charge < -0.3 is 53.6 Å². The van der Waals surface area contributed by atoms with Crippen LogP contribution >= 0.6 is 11.3 Å². The summed E-state index contributed by atoms with van der Waals surface area (Å²) < 4.78 is 40.4. The highest BCUT2D eigenvalue weighted by Gasteiger charge is 2.54. The molecule has 2 aromatic carbocycles. The van der Waals surface area contributed by atoms with E-state index in [0.717, 1.165) is 32.9 Å². The van der Waals surface area contributed by atoms with Crippen molar-refractivity contribution in [2.24, 2.45) is 17.3 Å². The molecule has 1 aromatic heterocycles. The smallest absolute Gasteiger partial charge is 0.459 e. The molecule has 3 saturated heterocycles. The van der Waals surface area contributed by atoms with E-state index in [4.69, 9.17) is 33.2 Å². The molecule has 3 aromatic rings. The van der Waals surface area contributed by atoms with Crippen LogP contribution in [0.2, 0.25) is 0 Å². The molecule has 0 radical (unpaired) electrons. The van der Waals surface area contributed by atoms with Gasteiger partial charge in [0.2, 0.25) is 6.29 Å². The highest BCUT2D eigenvalue weighted by atomic mass is 32.1. The Morgan fingerprint density at radius 3 is 2.48 bits per heavy atom. The van der Waals surface area contributed by atoms with Gasteiger partial charge in [-0.2, -0.15) is 0 Å². The van der Waals surface area contributed by atoms with Crippen molar-refractivity contribution in [3.05, 3.63) is 88.0 Å². The Morgan fingerprint density at radius 2 is 1.78 bits per heavy atom. The SMILES string of the molecule is C=CCOC(=O)[C@H]1O[C@@H](Oc2ccc(COC(=O)O[C@H]3[C@@H](C)CCC[C@]4(C)OC4C[C@@H](c4ccc5sc(C)nc5c4)OC(=O)C[C@H](O)C(C)(C)C(=O)[C@@H]3CC=C)cc2[N+](=O)[O-])[C@H](O)[C@@H](O)[C@@H]1O. The van der Waals surface area contributed by atoms with Crippen LogP contribution in [0.4, 0.5) is 10.5 Å². The third-order valence-electron chi connectivity index (χ3n) is 12.7. The zero-order valence-corrected chi connectivity index (χ0v) is 38.8. The summed E-state index contributed by atoms with van der Waals surface area (Å²) in [7, 11) is 0. The van der Waals surface area contributed by atoms with Gasteiger partial charge in [-0.15, -0.1) is 17.9 Å². The monoisotopic (exact) mass is 954 g/mol. The summed E-state index contributed by atoms with van der Waals surface area (Å²) in [5.74, 6) is -4.29. The lowest BCUT2D eigenvalue weighted by molar-refractivity contribution is -0.387. The summed E-state index contributed by atoms with van der Waals surface area (Å²) in [6.45, 7) is 15.2. The third kappa shape index (κ3) is 11.9. The van der Waals surface area contributed by atoms with Crippen molar-refractivity contribution < 1.29 is 77.7 Å². The van der Waals surface area contributed by atoms with E-state index in [2.05, 4.69) is 18.1 Å². The molecule has 6 rings (SSSR count). The summed E-state index contributed by atoms with van der Waals surface area (Å²) in [5, 5.41) is 55.9. The number of aliphatic hydroxyl groups excluding tert-OH is 4. The first-order chi connectivity index (χ1) is 31.7. The fourth-order valence-corrected chi connectivity index (χ4v) is 9.36. The first-order valence-corrected chi connectivity index (χ1v) is 22.8. The minimum Gasteiger partial charge on any atom is -0.459 e. The molecule has 19 nitrogen and oxygen atoms in total. The first kappa shape index (κ1) is 51.0. The number of esters is 2. The summed E-state index contributed by atoms with van der Waals surface area (Å²) in [5.41, 5.74) is -1.16. The van der Waals surface area contributed by atoms with Crippen LogP contribution in [0, 0.1) is 34.3 Å². The number of carbonyl (C=O) groups is 4. The van der Waals surface area contributed by atoms with Gasteiger partial charge in [-0.3, -0.25) is 19.7 Å². The van der Waals surface area contributed by atoms with Crippen molar-refractivity contribution in [3.8, 4) is 5.75 Å². The van der Waals surface area contributed by atoms with Crippen molar-refractivity contribution in [2.45, 2.75) is 140 Å². The molecular weight excluding hydrogens is 897 g/mol. The van der Waals surface area contributed by atoms with Gasteiger partial charge in [0.1, 0.15) is 49.5 Å².